The summed E-state index contributed by atoms with van der Waals surface area (Å²) < 4.78 is 1.99. The van der Waals surface area contributed by atoms with Gasteiger partial charge >= 0.3 is 0 Å². The molecule has 2 heteroatoms. The molecule has 0 aliphatic heterocycles. The zero-order chi connectivity index (χ0) is 4.83. The number of rotatable bonds is 2. The van der Waals surface area contributed by atoms with Crippen molar-refractivity contribution in [2.75, 3.05) is 13.6 Å². The lowest BCUT2D eigenvalue weighted by Gasteiger charge is -1.81. The van der Waals surface area contributed by atoms with Crippen LogP contribution in [0.4, 0.5) is 0 Å². The lowest BCUT2D eigenvalue weighted by atomic mass is 10.6. The minimum Gasteiger partial charge on any atom is -0.316 e. The second kappa shape index (κ2) is 5.43. The Hall–Kier alpha value is 0.430. The lowest BCUT2D eigenvalue weighted by molar-refractivity contribution is 0.921. The van der Waals surface area contributed by atoms with Crippen LogP contribution in [-0.2, 0) is 0 Å². The van der Waals surface area contributed by atoms with Gasteiger partial charge < -0.3 is 5.32 Å². The maximum absolute atomic E-state index is 2.98. The average Bonchev–Trinajstić information content (AvgIpc) is 1.61. The van der Waals surface area contributed by atoms with Crippen LogP contribution in [0, 0.1) is 0 Å². The zero-order valence-corrected chi connectivity index (χ0v) is 5.90. The average molecular weight is 197 g/mol. The van der Waals surface area contributed by atoms with E-state index in [4.69, 9.17) is 0 Å². The largest absolute Gasteiger partial charge is 0.316 e. The molecule has 0 aromatic rings. The van der Waals surface area contributed by atoms with Crippen molar-refractivity contribution < 1.29 is 0 Å². The van der Waals surface area contributed by atoms with Gasteiger partial charge in [0, 0.05) is 6.54 Å². The van der Waals surface area contributed by atoms with Gasteiger partial charge in [-0.2, -0.15) is 0 Å². The number of nitrogens with one attached hydrogen (secondary N) is 1. The fourth-order valence-electron chi connectivity index (χ4n) is 0.162. The molecular weight excluding hydrogens is 189 g/mol. The Morgan fingerprint density at radius 2 is 2.50 bits per heavy atom. The van der Waals surface area contributed by atoms with Crippen molar-refractivity contribution >= 4 is 22.6 Å². The molecule has 36 valence electrons. The highest BCUT2D eigenvalue weighted by Crippen LogP contribution is 1.79. The van der Waals surface area contributed by atoms with Crippen LogP contribution in [0.1, 0.15) is 0 Å². The fourth-order valence-corrected chi connectivity index (χ4v) is 0.417. The SMILES string of the molecule is CNC/C=C/I. The van der Waals surface area contributed by atoms with Crippen LogP contribution < -0.4 is 5.32 Å². The topological polar surface area (TPSA) is 12.0 Å². The van der Waals surface area contributed by atoms with Crippen molar-refractivity contribution in [2.45, 2.75) is 0 Å². The predicted octanol–water partition coefficient (Wildman–Crippen LogP) is 1.15. The Bertz CT molecular complexity index is 42.8. The summed E-state index contributed by atoms with van der Waals surface area (Å²) in [5.74, 6) is 0. The lowest BCUT2D eigenvalue weighted by Crippen LogP contribution is -2.03. The number of halogens is 1. The number of likely N-dealkylation sites (N-methyl/N-ethyl adjacent to an activating group) is 1. The molecule has 0 radical (unpaired) electrons. The monoisotopic (exact) mass is 197 g/mol. The van der Waals surface area contributed by atoms with E-state index in [0.29, 0.717) is 0 Å². The Morgan fingerprint density at radius 3 is 2.67 bits per heavy atom. The van der Waals surface area contributed by atoms with Crippen LogP contribution in [0.25, 0.3) is 0 Å². The molecule has 0 saturated carbocycles. The first-order valence-electron chi connectivity index (χ1n) is 1.81. The first-order chi connectivity index (χ1) is 2.91. The Labute approximate surface area is 52.0 Å². The quantitative estimate of drug-likeness (QED) is 0.655. The third-order valence-electron chi connectivity index (χ3n) is 0.411. The van der Waals surface area contributed by atoms with E-state index in [2.05, 4.69) is 34.0 Å². The molecule has 0 bridgehead atoms. The smallest absolute Gasteiger partial charge is 0.0139 e. The van der Waals surface area contributed by atoms with E-state index >= 15 is 0 Å². The molecule has 0 aromatic heterocycles. The molecule has 1 nitrogen and oxygen atoms in total. The van der Waals surface area contributed by atoms with Gasteiger partial charge in [0.05, 0.1) is 0 Å². The molecule has 0 saturated heterocycles. The van der Waals surface area contributed by atoms with Gasteiger partial charge in [0.25, 0.3) is 0 Å². The van der Waals surface area contributed by atoms with Crippen LogP contribution >= 0.6 is 22.6 Å². The van der Waals surface area contributed by atoms with Gasteiger partial charge in [0.1, 0.15) is 0 Å². The second-order valence-electron chi connectivity index (χ2n) is 0.919. The van der Waals surface area contributed by atoms with E-state index in [1.165, 1.54) is 0 Å². The van der Waals surface area contributed by atoms with Gasteiger partial charge in [-0.1, -0.05) is 28.7 Å². The standard InChI is InChI=1S/C4H8IN/c1-6-4-2-3-5/h2-3,6H,4H2,1H3/b3-2+. The molecule has 0 heterocycles. The summed E-state index contributed by atoms with van der Waals surface area (Å²) in [7, 11) is 1.93. The molecule has 0 aliphatic rings. The van der Waals surface area contributed by atoms with Gasteiger partial charge in [-0.25, -0.2) is 0 Å². The van der Waals surface area contributed by atoms with Crippen LogP contribution in [0.3, 0.4) is 0 Å². The van der Waals surface area contributed by atoms with Crippen molar-refractivity contribution in [3.8, 4) is 0 Å². The van der Waals surface area contributed by atoms with E-state index < -0.39 is 0 Å². The first kappa shape index (κ1) is 6.43. The molecule has 1 N–H and O–H groups in total. The predicted molar refractivity (Wildman–Crippen MR) is 37.1 cm³/mol. The molecule has 0 spiro atoms. The summed E-state index contributed by atoms with van der Waals surface area (Å²) >= 11 is 2.19. The third-order valence-corrected chi connectivity index (χ3v) is 0.920. The van der Waals surface area contributed by atoms with E-state index in [9.17, 15) is 0 Å². The van der Waals surface area contributed by atoms with Crippen LogP contribution in [-0.4, -0.2) is 13.6 Å². The Kier molecular flexibility index (Phi) is 5.82. The zero-order valence-electron chi connectivity index (χ0n) is 3.74. The van der Waals surface area contributed by atoms with Crippen molar-refractivity contribution in [3.63, 3.8) is 0 Å². The van der Waals surface area contributed by atoms with Gasteiger partial charge in [-0.15, -0.1) is 0 Å². The van der Waals surface area contributed by atoms with E-state index in [1.54, 1.807) is 0 Å². The van der Waals surface area contributed by atoms with Gasteiger partial charge in [-0.05, 0) is 11.1 Å². The summed E-state index contributed by atoms with van der Waals surface area (Å²) in [6, 6.07) is 0. The van der Waals surface area contributed by atoms with Crippen molar-refractivity contribution in [1.82, 2.24) is 5.32 Å². The maximum Gasteiger partial charge on any atom is 0.0139 e. The summed E-state index contributed by atoms with van der Waals surface area (Å²) in [4.78, 5) is 0. The summed E-state index contributed by atoms with van der Waals surface area (Å²) in [6.07, 6.45) is 2.06. The van der Waals surface area contributed by atoms with Crippen LogP contribution in [0.15, 0.2) is 10.2 Å². The molecule has 0 amide bonds. The molecule has 6 heavy (non-hydrogen) atoms. The van der Waals surface area contributed by atoms with Crippen molar-refractivity contribution in [3.05, 3.63) is 10.2 Å². The number of hydrogen-bond donors (Lipinski definition) is 1. The second-order valence-corrected chi connectivity index (χ2v) is 1.64. The summed E-state index contributed by atoms with van der Waals surface area (Å²) in [6.45, 7) is 0.975. The first-order valence-corrected chi connectivity index (χ1v) is 3.06. The molecule has 0 atom stereocenters. The highest BCUT2D eigenvalue weighted by molar-refractivity contribution is 14.1. The molecule has 0 aromatic carbocycles. The maximum atomic E-state index is 2.98. The minimum absolute atomic E-state index is 0.975. The van der Waals surface area contributed by atoms with E-state index in [1.807, 2.05) is 11.1 Å². The Morgan fingerprint density at radius 1 is 1.83 bits per heavy atom. The van der Waals surface area contributed by atoms with Gasteiger partial charge in [0.15, 0.2) is 0 Å². The van der Waals surface area contributed by atoms with Gasteiger partial charge in [-0.3, -0.25) is 0 Å². The van der Waals surface area contributed by atoms with Gasteiger partial charge in [0.2, 0.25) is 0 Å². The molecule has 0 unspecified atom stereocenters. The highest BCUT2D eigenvalue weighted by atomic mass is 127. The molecule has 0 aliphatic carbocycles. The molecule has 0 fully saturated rings. The van der Waals surface area contributed by atoms with Crippen molar-refractivity contribution in [2.24, 2.45) is 0 Å². The molecular formula is C4H8IN. The Balaban J connectivity index is 2.66. The minimum atomic E-state index is 0.975. The third kappa shape index (κ3) is 4.43. The number of hydrogen-bond acceptors (Lipinski definition) is 1. The van der Waals surface area contributed by atoms with E-state index in [-0.39, 0.29) is 0 Å². The van der Waals surface area contributed by atoms with Crippen LogP contribution in [0.2, 0.25) is 0 Å². The van der Waals surface area contributed by atoms with Crippen molar-refractivity contribution in [1.29, 1.82) is 0 Å². The van der Waals surface area contributed by atoms with E-state index in [0.717, 1.165) is 6.54 Å². The summed E-state index contributed by atoms with van der Waals surface area (Å²) in [5.41, 5.74) is 0. The van der Waals surface area contributed by atoms with Crippen LogP contribution in [0.5, 0.6) is 0 Å². The highest BCUT2D eigenvalue weighted by Gasteiger charge is 1.61. The summed E-state index contributed by atoms with van der Waals surface area (Å²) in [5, 5.41) is 2.98. The fraction of sp³-hybridized carbons (Fsp3) is 0.500. The molecule has 0 rings (SSSR count). The normalized spacial score (nSPS) is 10.3.